The second-order valence-corrected chi connectivity index (χ2v) is 4.03. The van der Waals surface area contributed by atoms with Gasteiger partial charge in [-0.05, 0) is 18.8 Å². The van der Waals surface area contributed by atoms with E-state index in [-0.39, 0.29) is 18.7 Å². The predicted molar refractivity (Wildman–Crippen MR) is 53.4 cm³/mol. The quantitative estimate of drug-likeness (QED) is 0.718. The van der Waals surface area contributed by atoms with E-state index in [4.69, 9.17) is 5.73 Å². The van der Waals surface area contributed by atoms with E-state index in [0.717, 1.165) is 31.8 Å². The van der Waals surface area contributed by atoms with Crippen LogP contribution in [0.5, 0.6) is 0 Å². The highest BCUT2D eigenvalue weighted by Gasteiger charge is 2.19. The molecule has 1 fully saturated rings. The van der Waals surface area contributed by atoms with Gasteiger partial charge in [-0.25, -0.2) is 0 Å². The number of nitrogens with two attached hydrogens (primary N) is 1. The molecule has 0 aromatic heterocycles. The van der Waals surface area contributed by atoms with Crippen LogP contribution in [-0.2, 0) is 9.59 Å². The van der Waals surface area contributed by atoms with Crippen LogP contribution in [0.3, 0.4) is 0 Å². The van der Waals surface area contributed by atoms with E-state index in [1.54, 1.807) is 0 Å². The summed E-state index contributed by atoms with van der Waals surface area (Å²) in [5.74, 6) is 0.384. The summed E-state index contributed by atoms with van der Waals surface area (Å²) in [5.41, 5.74) is 4.98. The van der Waals surface area contributed by atoms with Gasteiger partial charge in [-0.1, -0.05) is 6.92 Å². The summed E-state index contributed by atoms with van der Waals surface area (Å²) in [6.07, 6.45) is 2.58. The van der Waals surface area contributed by atoms with Crippen molar-refractivity contribution in [3.8, 4) is 0 Å². The van der Waals surface area contributed by atoms with Crippen LogP contribution in [0.1, 0.15) is 32.6 Å². The standard InChI is InChI=1S/C10H18N2O2/c1-8-4-6-12(7-5-8)10(14)3-2-9(11)13/h8H,2-7H2,1H3,(H2,11,13). The minimum absolute atomic E-state index is 0.0655. The van der Waals surface area contributed by atoms with Crippen LogP contribution in [0.4, 0.5) is 0 Å². The molecular weight excluding hydrogens is 180 g/mol. The van der Waals surface area contributed by atoms with Gasteiger partial charge in [0.15, 0.2) is 0 Å². The number of amides is 2. The maximum atomic E-state index is 11.5. The first-order chi connectivity index (χ1) is 6.59. The van der Waals surface area contributed by atoms with Crippen molar-refractivity contribution in [3.63, 3.8) is 0 Å². The number of carbonyl (C=O) groups is 2. The number of nitrogens with zero attached hydrogens (tertiary/aromatic N) is 1. The Labute approximate surface area is 84.4 Å². The highest BCUT2D eigenvalue weighted by molar-refractivity contribution is 5.82. The summed E-state index contributed by atoms with van der Waals surface area (Å²) in [5, 5.41) is 0. The van der Waals surface area contributed by atoms with E-state index in [1.165, 1.54) is 0 Å². The van der Waals surface area contributed by atoms with Gasteiger partial charge in [-0.3, -0.25) is 9.59 Å². The summed E-state index contributed by atoms with van der Waals surface area (Å²) >= 11 is 0. The Morgan fingerprint density at radius 3 is 2.36 bits per heavy atom. The zero-order valence-corrected chi connectivity index (χ0v) is 8.66. The molecule has 1 rings (SSSR count). The molecule has 4 heteroatoms. The molecule has 2 amide bonds. The number of hydrogen-bond donors (Lipinski definition) is 1. The molecule has 1 saturated heterocycles. The third-order valence-electron chi connectivity index (χ3n) is 2.72. The molecule has 0 aromatic carbocycles. The van der Waals surface area contributed by atoms with Crippen LogP contribution in [0.25, 0.3) is 0 Å². The van der Waals surface area contributed by atoms with Gasteiger partial charge in [0.2, 0.25) is 11.8 Å². The zero-order valence-electron chi connectivity index (χ0n) is 8.66. The normalized spacial score (nSPS) is 18.2. The lowest BCUT2D eigenvalue weighted by Gasteiger charge is -2.30. The maximum Gasteiger partial charge on any atom is 0.223 e. The molecule has 14 heavy (non-hydrogen) atoms. The molecule has 0 saturated carbocycles. The Balaban J connectivity index is 2.27. The Hall–Kier alpha value is -1.06. The summed E-state index contributed by atoms with van der Waals surface area (Å²) < 4.78 is 0. The van der Waals surface area contributed by atoms with Gasteiger partial charge in [-0.2, -0.15) is 0 Å². The molecule has 0 bridgehead atoms. The van der Waals surface area contributed by atoms with Gasteiger partial charge in [0.05, 0.1) is 0 Å². The summed E-state index contributed by atoms with van der Waals surface area (Å²) in [4.78, 5) is 23.9. The summed E-state index contributed by atoms with van der Waals surface area (Å²) in [7, 11) is 0. The molecule has 0 unspecified atom stereocenters. The number of primary amides is 1. The monoisotopic (exact) mass is 198 g/mol. The average Bonchev–Trinajstić information content (AvgIpc) is 2.15. The van der Waals surface area contributed by atoms with E-state index in [0.29, 0.717) is 0 Å². The van der Waals surface area contributed by atoms with Gasteiger partial charge in [0, 0.05) is 25.9 Å². The Morgan fingerprint density at radius 1 is 1.29 bits per heavy atom. The molecular formula is C10H18N2O2. The summed E-state index contributed by atoms with van der Waals surface area (Å²) in [6.45, 7) is 3.86. The van der Waals surface area contributed by atoms with Crippen molar-refractivity contribution in [2.45, 2.75) is 32.6 Å². The zero-order chi connectivity index (χ0) is 10.6. The predicted octanol–water partition coefficient (Wildman–Crippen LogP) is 0.510. The number of rotatable bonds is 3. The molecule has 1 aliphatic heterocycles. The van der Waals surface area contributed by atoms with E-state index in [2.05, 4.69) is 6.92 Å². The number of hydrogen-bond acceptors (Lipinski definition) is 2. The van der Waals surface area contributed by atoms with Gasteiger partial charge in [0.25, 0.3) is 0 Å². The van der Waals surface area contributed by atoms with Gasteiger partial charge < -0.3 is 10.6 Å². The van der Waals surface area contributed by atoms with E-state index < -0.39 is 5.91 Å². The van der Waals surface area contributed by atoms with Crippen LogP contribution in [0.15, 0.2) is 0 Å². The molecule has 80 valence electrons. The van der Waals surface area contributed by atoms with Gasteiger partial charge >= 0.3 is 0 Å². The molecule has 0 aromatic rings. The fourth-order valence-electron chi connectivity index (χ4n) is 1.65. The van der Waals surface area contributed by atoms with Crippen LogP contribution < -0.4 is 5.73 Å². The first-order valence-electron chi connectivity index (χ1n) is 5.15. The van der Waals surface area contributed by atoms with Crippen molar-refractivity contribution < 1.29 is 9.59 Å². The van der Waals surface area contributed by atoms with Crippen LogP contribution in [0.2, 0.25) is 0 Å². The van der Waals surface area contributed by atoms with E-state index in [9.17, 15) is 9.59 Å². The fourth-order valence-corrected chi connectivity index (χ4v) is 1.65. The number of carbonyl (C=O) groups excluding carboxylic acids is 2. The molecule has 0 radical (unpaired) electrons. The third-order valence-corrected chi connectivity index (χ3v) is 2.72. The van der Waals surface area contributed by atoms with Crippen molar-refractivity contribution >= 4 is 11.8 Å². The second kappa shape index (κ2) is 4.98. The fraction of sp³-hybridized carbons (Fsp3) is 0.800. The molecule has 4 nitrogen and oxygen atoms in total. The SMILES string of the molecule is CC1CCN(C(=O)CCC(N)=O)CC1. The largest absolute Gasteiger partial charge is 0.370 e. The third kappa shape index (κ3) is 3.36. The average molecular weight is 198 g/mol. The highest BCUT2D eigenvalue weighted by atomic mass is 16.2. The van der Waals surface area contributed by atoms with Crippen molar-refractivity contribution in [2.75, 3.05) is 13.1 Å². The first kappa shape index (κ1) is 11.0. The number of piperidine rings is 1. The van der Waals surface area contributed by atoms with Crippen molar-refractivity contribution in [2.24, 2.45) is 11.7 Å². The smallest absolute Gasteiger partial charge is 0.223 e. The molecule has 1 heterocycles. The lowest BCUT2D eigenvalue weighted by Crippen LogP contribution is -2.38. The van der Waals surface area contributed by atoms with E-state index in [1.807, 2.05) is 4.90 Å². The molecule has 0 spiro atoms. The minimum Gasteiger partial charge on any atom is -0.370 e. The van der Waals surface area contributed by atoms with Crippen molar-refractivity contribution in [3.05, 3.63) is 0 Å². The first-order valence-corrected chi connectivity index (χ1v) is 5.15. The van der Waals surface area contributed by atoms with Crippen molar-refractivity contribution in [1.29, 1.82) is 0 Å². The van der Waals surface area contributed by atoms with Crippen LogP contribution >= 0.6 is 0 Å². The molecule has 0 atom stereocenters. The van der Waals surface area contributed by atoms with E-state index >= 15 is 0 Å². The van der Waals surface area contributed by atoms with Crippen LogP contribution in [0, 0.1) is 5.92 Å². The van der Waals surface area contributed by atoms with Crippen molar-refractivity contribution in [1.82, 2.24) is 4.90 Å². The lowest BCUT2D eigenvalue weighted by atomic mass is 9.99. The number of likely N-dealkylation sites (tertiary alicyclic amines) is 1. The summed E-state index contributed by atoms with van der Waals surface area (Å²) in [6, 6.07) is 0. The Morgan fingerprint density at radius 2 is 1.86 bits per heavy atom. The Kier molecular flexibility index (Phi) is 3.92. The van der Waals surface area contributed by atoms with Crippen LogP contribution in [-0.4, -0.2) is 29.8 Å². The molecule has 0 aliphatic carbocycles. The van der Waals surface area contributed by atoms with Gasteiger partial charge in [-0.15, -0.1) is 0 Å². The highest BCUT2D eigenvalue weighted by Crippen LogP contribution is 2.16. The topological polar surface area (TPSA) is 63.4 Å². The minimum atomic E-state index is -0.399. The Bertz CT molecular complexity index is 220. The molecule has 1 aliphatic rings. The van der Waals surface area contributed by atoms with Gasteiger partial charge in [0.1, 0.15) is 0 Å². The lowest BCUT2D eigenvalue weighted by molar-refractivity contribution is -0.134. The maximum absolute atomic E-state index is 11.5. The molecule has 2 N–H and O–H groups in total. The second-order valence-electron chi connectivity index (χ2n) is 4.03.